The highest BCUT2D eigenvalue weighted by atomic mass is 16.5. The summed E-state index contributed by atoms with van der Waals surface area (Å²) >= 11 is 0. The molecule has 144 valence electrons. The minimum absolute atomic E-state index is 0.108. The molecule has 0 bridgehead atoms. The van der Waals surface area contributed by atoms with E-state index < -0.39 is 0 Å². The second kappa shape index (κ2) is 9.17. The summed E-state index contributed by atoms with van der Waals surface area (Å²) in [4.78, 5) is 25.0. The van der Waals surface area contributed by atoms with Gasteiger partial charge in [-0.25, -0.2) is 0 Å². The van der Waals surface area contributed by atoms with Crippen LogP contribution in [0.25, 0.3) is 0 Å². The highest BCUT2D eigenvalue weighted by molar-refractivity contribution is 5.97. The Labute approximate surface area is 156 Å². The Morgan fingerprint density at radius 1 is 1.19 bits per heavy atom. The third kappa shape index (κ3) is 4.85. The average molecular weight is 360 g/mol. The topological polar surface area (TPSA) is 67.4 Å². The molecule has 2 N–H and O–H groups in total. The van der Waals surface area contributed by atoms with E-state index in [9.17, 15) is 9.59 Å². The Balaban J connectivity index is 2.01. The van der Waals surface area contributed by atoms with Crippen LogP contribution in [0.2, 0.25) is 0 Å². The fraction of sp³-hybridized carbons (Fsp3) is 0.619. The molecule has 0 spiro atoms. The maximum Gasteiger partial charge on any atom is 0.251 e. The van der Waals surface area contributed by atoms with Crippen LogP contribution in [0.15, 0.2) is 24.3 Å². The van der Waals surface area contributed by atoms with Crippen LogP contribution >= 0.6 is 0 Å². The standard InChI is InChI=1S/C21H32N2O3/c1-15(2)21(11-9-16(3)10-12-21)20(25)23-18-7-5-17(6-8-18)19(24)22-13-14-26-4/h5-8,15-16H,9-14H2,1-4H3,(H,22,24)(H,23,25). The van der Waals surface area contributed by atoms with Gasteiger partial charge < -0.3 is 15.4 Å². The van der Waals surface area contributed by atoms with Gasteiger partial charge in [-0.05, 0) is 61.8 Å². The van der Waals surface area contributed by atoms with Gasteiger partial charge in [0, 0.05) is 24.9 Å². The first-order chi connectivity index (χ1) is 12.4. The molecule has 0 aromatic heterocycles. The normalized spacial score (nSPS) is 22.9. The smallest absolute Gasteiger partial charge is 0.251 e. The Kier molecular flexibility index (Phi) is 7.21. The number of ether oxygens (including phenoxy) is 1. The molecule has 1 aromatic rings. The number of hydrogen-bond acceptors (Lipinski definition) is 3. The van der Waals surface area contributed by atoms with Gasteiger partial charge in [-0.3, -0.25) is 9.59 Å². The van der Waals surface area contributed by atoms with E-state index >= 15 is 0 Å². The van der Waals surface area contributed by atoms with Gasteiger partial charge >= 0.3 is 0 Å². The molecule has 0 heterocycles. The second-order valence-electron chi connectivity index (χ2n) is 7.77. The molecule has 1 saturated carbocycles. The number of hydrogen-bond donors (Lipinski definition) is 2. The summed E-state index contributed by atoms with van der Waals surface area (Å²) in [5.41, 5.74) is 1.02. The highest BCUT2D eigenvalue weighted by Crippen LogP contribution is 2.45. The minimum Gasteiger partial charge on any atom is -0.383 e. The molecule has 0 radical (unpaired) electrons. The van der Waals surface area contributed by atoms with E-state index in [4.69, 9.17) is 4.74 Å². The van der Waals surface area contributed by atoms with Crippen molar-refractivity contribution in [2.45, 2.75) is 46.5 Å². The van der Waals surface area contributed by atoms with E-state index in [0.29, 0.717) is 30.6 Å². The SMILES string of the molecule is COCCNC(=O)c1ccc(NC(=O)C2(C(C)C)CCC(C)CC2)cc1. The van der Waals surface area contributed by atoms with Crippen LogP contribution in [-0.2, 0) is 9.53 Å². The molecular weight excluding hydrogens is 328 g/mol. The van der Waals surface area contributed by atoms with Crippen molar-refractivity contribution >= 4 is 17.5 Å². The van der Waals surface area contributed by atoms with Gasteiger partial charge in [0.15, 0.2) is 0 Å². The largest absolute Gasteiger partial charge is 0.383 e. The number of carbonyl (C=O) groups excluding carboxylic acids is 2. The van der Waals surface area contributed by atoms with Crippen molar-refractivity contribution in [2.24, 2.45) is 17.3 Å². The number of nitrogens with one attached hydrogen (secondary N) is 2. The highest BCUT2D eigenvalue weighted by Gasteiger charge is 2.43. The molecular formula is C21H32N2O3. The monoisotopic (exact) mass is 360 g/mol. The lowest BCUT2D eigenvalue weighted by atomic mass is 9.64. The van der Waals surface area contributed by atoms with Gasteiger partial charge in [-0.1, -0.05) is 20.8 Å². The summed E-state index contributed by atoms with van der Waals surface area (Å²) in [6.45, 7) is 7.50. The average Bonchev–Trinajstić information content (AvgIpc) is 2.63. The molecule has 5 heteroatoms. The van der Waals surface area contributed by atoms with Crippen LogP contribution in [0.3, 0.4) is 0 Å². The number of carbonyl (C=O) groups is 2. The molecule has 0 atom stereocenters. The molecule has 1 aromatic carbocycles. The summed E-state index contributed by atoms with van der Waals surface area (Å²) < 4.78 is 4.92. The lowest BCUT2D eigenvalue weighted by Gasteiger charge is -2.41. The molecule has 1 fully saturated rings. The molecule has 2 amide bonds. The van der Waals surface area contributed by atoms with Gasteiger partial charge in [-0.15, -0.1) is 0 Å². The van der Waals surface area contributed by atoms with Crippen LogP contribution in [0.1, 0.15) is 56.8 Å². The summed E-state index contributed by atoms with van der Waals surface area (Å²) in [6.07, 6.45) is 4.09. The van der Waals surface area contributed by atoms with Gasteiger partial charge in [-0.2, -0.15) is 0 Å². The van der Waals surface area contributed by atoms with Gasteiger partial charge in [0.1, 0.15) is 0 Å². The summed E-state index contributed by atoms with van der Waals surface area (Å²) in [5, 5.41) is 5.86. The van der Waals surface area contributed by atoms with Gasteiger partial charge in [0.25, 0.3) is 5.91 Å². The first kappa shape index (κ1) is 20.4. The van der Waals surface area contributed by atoms with E-state index in [1.807, 2.05) is 0 Å². The van der Waals surface area contributed by atoms with E-state index in [1.54, 1.807) is 31.4 Å². The molecule has 1 aliphatic carbocycles. The molecule has 5 nitrogen and oxygen atoms in total. The van der Waals surface area contributed by atoms with Gasteiger partial charge in [0.2, 0.25) is 5.91 Å². The number of methoxy groups -OCH3 is 1. The number of rotatable bonds is 7. The third-order valence-corrected chi connectivity index (χ3v) is 5.72. The first-order valence-corrected chi connectivity index (χ1v) is 9.57. The third-order valence-electron chi connectivity index (χ3n) is 5.72. The maximum absolute atomic E-state index is 13.0. The summed E-state index contributed by atoms with van der Waals surface area (Å²) in [7, 11) is 1.60. The van der Waals surface area contributed by atoms with Crippen LogP contribution in [0.4, 0.5) is 5.69 Å². The van der Waals surface area contributed by atoms with Crippen LogP contribution < -0.4 is 10.6 Å². The lowest BCUT2D eigenvalue weighted by molar-refractivity contribution is -0.130. The Morgan fingerprint density at radius 3 is 2.35 bits per heavy atom. The van der Waals surface area contributed by atoms with Crippen LogP contribution in [-0.4, -0.2) is 32.1 Å². The van der Waals surface area contributed by atoms with E-state index in [1.165, 1.54) is 0 Å². The predicted molar refractivity (Wildman–Crippen MR) is 104 cm³/mol. The fourth-order valence-electron chi connectivity index (χ4n) is 3.67. The zero-order valence-corrected chi connectivity index (χ0v) is 16.4. The van der Waals surface area contributed by atoms with E-state index in [2.05, 4.69) is 31.4 Å². The van der Waals surface area contributed by atoms with E-state index in [-0.39, 0.29) is 17.2 Å². The quantitative estimate of drug-likeness (QED) is 0.726. The van der Waals surface area contributed by atoms with Crippen molar-refractivity contribution in [2.75, 3.05) is 25.6 Å². The summed E-state index contributed by atoms with van der Waals surface area (Å²) in [5.74, 6) is 0.975. The zero-order valence-electron chi connectivity index (χ0n) is 16.4. The molecule has 0 aliphatic heterocycles. The Bertz CT molecular complexity index is 602. The zero-order chi connectivity index (χ0) is 19.2. The second-order valence-corrected chi connectivity index (χ2v) is 7.77. The molecule has 26 heavy (non-hydrogen) atoms. The van der Waals surface area contributed by atoms with Crippen LogP contribution in [0, 0.1) is 17.3 Å². The number of amides is 2. The van der Waals surface area contributed by atoms with Crippen molar-refractivity contribution in [3.8, 4) is 0 Å². The Hall–Kier alpha value is -1.88. The number of benzene rings is 1. The summed E-state index contributed by atoms with van der Waals surface area (Å²) in [6, 6.07) is 7.07. The van der Waals surface area contributed by atoms with Crippen molar-refractivity contribution < 1.29 is 14.3 Å². The van der Waals surface area contributed by atoms with Crippen molar-refractivity contribution in [3.63, 3.8) is 0 Å². The van der Waals surface area contributed by atoms with Gasteiger partial charge in [0.05, 0.1) is 12.0 Å². The lowest BCUT2D eigenvalue weighted by Crippen LogP contribution is -2.43. The Morgan fingerprint density at radius 2 is 1.81 bits per heavy atom. The minimum atomic E-state index is -0.289. The molecule has 2 rings (SSSR count). The van der Waals surface area contributed by atoms with Crippen molar-refractivity contribution in [1.29, 1.82) is 0 Å². The fourth-order valence-corrected chi connectivity index (χ4v) is 3.67. The van der Waals surface area contributed by atoms with E-state index in [0.717, 1.165) is 31.4 Å². The molecule has 1 aliphatic rings. The van der Waals surface area contributed by atoms with Crippen LogP contribution in [0.5, 0.6) is 0 Å². The molecule has 0 saturated heterocycles. The molecule has 0 unspecified atom stereocenters. The van der Waals surface area contributed by atoms with Crippen molar-refractivity contribution in [1.82, 2.24) is 5.32 Å². The number of anilines is 1. The van der Waals surface area contributed by atoms with Crippen molar-refractivity contribution in [3.05, 3.63) is 29.8 Å². The first-order valence-electron chi connectivity index (χ1n) is 9.57. The predicted octanol–water partition coefficient (Wildman–Crippen LogP) is 3.85. The maximum atomic E-state index is 13.0.